The molecule has 0 radical (unpaired) electrons. The maximum Gasteiger partial charge on any atom is 0.187 e. The molecule has 3 rings (SSSR count). The number of thiocarbonyl (C=S) groups is 1. The average Bonchev–Trinajstić information content (AvgIpc) is 3.01. The molecule has 0 saturated carbocycles. The van der Waals surface area contributed by atoms with Crippen LogP contribution < -0.4 is 10.5 Å². The molecule has 112 valence electrons. The van der Waals surface area contributed by atoms with Crippen LogP contribution in [0.25, 0.3) is 0 Å². The zero-order valence-electron chi connectivity index (χ0n) is 12.3. The summed E-state index contributed by atoms with van der Waals surface area (Å²) in [7, 11) is 1.66. The van der Waals surface area contributed by atoms with Gasteiger partial charge in [0.15, 0.2) is 5.11 Å². The molecule has 22 heavy (non-hydrogen) atoms. The smallest absolute Gasteiger partial charge is 0.187 e. The third-order valence-electron chi connectivity index (χ3n) is 3.72. The summed E-state index contributed by atoms with van der Waals surface area (Å²) in [6.07, 6.45) is 0.758. The van der Waals surface area contributed by atoms with Gasteiger partial charge in [-0.05, 0) is 29.9 Å². The van der Waals surface area contributed by atoms with Gasteiger partial charge in [0.1, 0.15) is 5.75 Å². The Balaban J connectivity index is 1.94. The van der Waals surface area contributed by atoms with Crippen LogP contribution in [-0.2, 0) is 0 Å². The monoisotopic (exact) mass is 311 g/mol. The van der Waals surface area contributed by atoms with Crippen molar-refractivity contribution in [3.63, 3.8) is 0 Å². The van der Waals surface area contributed by atoms with Crippen LogP contribution in [-0.4, -0.2) is 22.9 Å². The Morgan fingerprint density at radius 3 is 2.68 bits per heavy atom. The normalized spacial score (nSPS) is 17.2. The fraction of sp³-hybridized carbons (Fsp3) is 0.176. The zero-order chi connectivity index (χ0) is 15.5. The van der Waals surface area contributed by atoms with Gasteiger partial charge in [-0.1, -0.05) is 42.5 Å². The molecule has 0 bridgehead atoms. The number of ether oxygens (including phenoxy) is 1. The molecule has 4 nitrogen and oxygen atoms in total. The first-order chi connectivity index (χ1) is 10.7. The van der Waals surface area contributed by atoms with Gasteiger partial charge in [-0.3, -0.25) is 0 Å². The summed E-state index contributed by atoms with van der Waals surface area (Å²) in [5.41, 5.74) is 8.98. The standard InChI is InChI=1S/C17H17N3OS/c1-21-14-9-5-8-13(10-14)15-11-16(20(19-15)17(18)22)12-6-3-2-4-7-12/h2-10,16H,11H2,1H3,(H2,18,22). The van der Waals surface area contributed by atoms with Crippen LogP contribution in [0.1, 0.15) is 23.6 Å². The molecule has 0 spiro atoms. The molecule has 0 fully saturated rings. The minimum atomic E-state index is 0.0416. The molecule has 0 saturated heterocycles. The molecule has 5 heteroatoms. The van der Waals surface area contributed by atoms with Crippen LogP contribution in [0.2, 0.25) is 0 Å². The number of methoxy groups -OCH3 is 1. The fourth-order valence-corrected chi connectivity index (χ4v) is 2.79. The quantitative estimate of drug-likeness (QED) is 0.885. The van der Waals surface area contributed by atoms with E-state index in [0.717, 1.165) is 29.0 Å². The van der Waals surface area contributed by atoms with Crippen molar-refractivity contribution in [3.05, 3.63) is 65.7 Å². The SMILES string of the molecule is COc1cccc(C2=NN(C(N)=S)C(c3ccccc3)C2)c1. The molecule has 0 aliphatic carbocycles. The van der Waals surface area contributed by atoms with Crippen LogP contribution in [0.3, 0.4) is 0 Å². The molecular weight excluding hydrogens is 294 g/mol. The largest absolute Gasteiger partial charge is 0.497 e. The van der Waals surface area contributed by atoms with Crippen molar-refractivity contribution >= 4 is 23.0 Å². The first-order valence-corrected chi connectivity index (χ1v) is 7.45. The van der Waals surface area contributed by atoms with Crippen molar-refractivity contribution in [2.24, 2.45) is 10.8 Å². The Labute approximate surface area is 135 Å². The Hall–Kier alpha value is -2.40. The van der Waals surface area contributed by atoms with E-state index in [2.05, 4.69) is 17.2 Å². The maximum atomic E-state index is 5.85. The van der Waals surface area contributed by atoms with E-state index >= 15 is 0 Å². The number of nitrogens with two attached hydrogens (primary N) is 1. The van der Waals surface area contributed by atoms with E-state index in [4.69, 9.17) is 22.7 Å². The van der Waals surface area contributed by atoms with Crippen LogP contribution in [0.5, 0.6) is 5.75 Å². The highest BCUT2D eigenvalue weighted by atomic mass is 32.1. The molecule has 2 aromatic carbocycles. The van der Waals surface area contributed by atoms with Gasteiger partial charge in [0.25, 0.3) is 0 Å². The number of benzene rings is 2. The summed E-state index contributed by atoms with van der Waals surface area (Å²) in [4.78, 5) is 0. The van der Waals surface area contributed by atoms with Crippen molar-refractivity contribution < 1.29 is 4.74 Å². The molecule has 0 aromatic heterocycles. The van der Waals surface area contributed by atoms with E-state index in [1.165, 1.54) is 0 Å². The van der Waals surface area contributed by atoms with E-state index in [9.17, 15) is 0 Å². The number of rotatable bonds is 3. The predicted molar refractivity (Wildman–Crippen MR) is 92.0 cm³/mol. The topological polar surface area (TPSA) is 50.8 Å². The summed E-state index contributed by atoms with van der Waals surface area (Å²) in [6, 6.07) is 18.1. The Morgan fingerprint density at radius 2 is 2.00 bits per heavy atom. The van der Waals surface area contributed by atoms with Crippen molar-refractivity contribution in [1.29, 1.82) is 0 Å². The zero-order valence-corrected chi connectivity index (χ0v) is 13.1. The molecule has 2 aromatic rings. The second kappa shape index (κ2) is 6.15. The van der Waals surface area contributed by atoms with Gasteiger partial charge in [-0.15, -0.1) is 0 Å². The van der Waals surface area contributed by atoms with Gasteiger partial charge in [0, 0.05) is 12.0 Å². The highest BCUT2D eigenvalue weighted by Gasteiger charge is 2.30. The number of nitrogens with zero attached hydrogens (tertiary/aromatic N) is 2. The van der Waals surface area contributed by atoms with Gasteiger partial charge >= 0.3 is 0 Å². The number of hydrogen-bond acceptors (Lipinski definition) is 3. The van der Waals surface area contributed by atoms with E-state index < -0.39 is 0 Å². The van der Waals surface area contributed by atoms with Gasteiger partial charge in [-0.2, -0.15) is 5.10 Å². The fourth-order valence-electron chi connectivity index (χ4n) is 2.63. The highest BCUT2D eigenvalue weighted by Crippen LogP contribution is 2.32. The third-order valence-corrected chi connectivity index (χ3v) is 3.91. The molecule has 2 N–H and O–H groups in total. The average molecular weight is 311 g/mol. The van der Waals surface area contributed by atoms with Gasteiger partial charge in [-0.25, -0.2) is 5.01 Å². The lowest BCUT2D eigenvalue weighted by Gasteiger charge is -2.21. The molecule has 1 heterocycles. The Bertz CT molecular complexity index is 715. The van der Waals surface area contributed by atoms with Gasteiger partial charge in [0.05, 0.1) is 18.9 Å². The molecule has 0 amide bonds. The summed E-state index contributed by atoms with van der Waals surface area (Å²) >= 11 is 5.16. The minimum Gasteiger partial charge on any atom is -0.497 e. The van der Waals surface area contributed by atoms with E-state index in [0.29, 0.717) is 0 Å². The van der Waals surface area contributed by atoms with Crippen molar-refractivity contribution in [2.45, 2.75) is 12.5 Å². The van der Waals surface area contributed by atoms with Crippen LogP contribution in [0, 0.1) is 0 Å². The first kappa shape index (κ1) is 14.5. The second-order valence-corrected chi connectivity index (χ2v) is 5.51. The Kier molecular flexibility index (Phi) is 4.06. The maximum absolute atomic E-state index is 5.85. The molecule has 1 aliphatic heterocycles. The van der Waals surface area contributed by atoms with Gasteiger partial charge < -0.3 is 10.5 Å². The molecular formula is C17H17N3OS. The first-order valence-electron chi connectivity index (χ1n) is 7.04. The minimum absolute atomic E-state index is 0.0416. The summed E-state index contributed by atoms with van der Waals surface area (Å²) in [5.74, 6) is 0.810. The number of hydrazone groups is 1. The van der Waals surface area contributed by atoms with Crippen molar-refractivity contribution in [1.82, 2.24) is 5.01 Å². The van der Waals surface area contributed by atoms with Crippen molar-refractivity contribution in [2.75, 3.05) is 7.11 Å². The lowest BCUT2D eigenvalue weighted by molar-refractivity contribution is 0.373. The van der Waals surface area contributed by atoms with Gasteiger partial charge in [0.2, 0.25) is 0 Å². The van der Waals surface area contributed by atoms with Crippen LogP contribution >= 0.6 is 12.2 Å². The second-order valence-electron chi connectivity index (χ2n) is 5.09. The molecule has 1 atom stereocenters. The predicted octanol–water partition coefficient (Wildman–Crippen LogP) is 3.09. The van der Waals surface area contributed by atoms with Crippen LogP contribution in [0.15, 0.2) is 59.7 Å². The summed E-state index contributed by atoms with van der Waals surface area (Å²) in [6.45, 7) is 0. The number of hydrogen-bond donors (Lipinski definition) is 1. The molecule has 1 unspecified atom stereocenters. The third kappa shape index (κ3) is 2.80. The Morgan fingerprint density at radius 1 is 1.23 bits per heavy atom. The summed E-state index contributed by atoms with van der Waals surface area (Å²) in [5, 5.41) is 6.62. The lowest BCUT2D eigenvalue weighted by atomic mass is 9.98. The highest BCUT2D eigenvalue weighted by molar-refractivity contribution is 7.80. The van der Waals surface area contributed by atoms with E-state index in [1.807, 2.05) is 42.5 Å². The van der Waals surface area contributed by atoms with Crippen molar-refractivity contribution in [3.8, 4) is 5.75 Å². The van der Waals surface area contributed by atoms with Crippen LogP contribution in [0.4, 0.5) is 0 Å². The summed E-state index contributed by atoms with van der Waals surface area (Å²) < 4.78 is 5.28. The molecule has 1 aliphatic rings. The van der Waals surface area contributed by atoms with E-state index in [-0.39, 0.29) is 11.2 Å². The lowest BCUT2D eigenvalue weighted by Crippen LogP contribution is -2.31. The van der Waals surface area contributed by atoms with E-state index in [1.54, 1.807) is 12.1 Å².